The summed E-state index contributed by atoms with van der Waals surface area (Å²) >= 11 is 1.51. The van der Waals surface area contributed by atoms with Crippen LogP contribution in [0.5, 0.6) is 0 Å². The van der Waals surface area contributed by atoms with Crippen LogP contribution in [0.2, 0.25) is 0 Å². The second-order valence-corrected chi connectivity index (χ2v) is 6.98. The van der Waals surface area contributed by atoms with E-state index in [1.165, 1.54) is 24.5 Å². The average Bonchev–Trinajstić information content (AvgIpc) is 2.94. The normalized spacial score (nSPS) is 13.1. The summed E-state index contributed by atoms with van der Waals surface area (Å²) in [5.74, 6) is 0. The van der Waals surface area contributed by atoms with Gasteiger partial charge in [0.15, 0.2) is 0 Å². The van der Waals surface area contributed by atoms with E-state index >= 15 is 0 Å². The Morgan fingerprint density at radius 3 is 2.75 bits per heavy atom. The molecule has 0 fully saturated rings. The maximum atomic E-state index is 12.0. The van der Waals surface area contributed by atoms with Crippen molar-refractivity contribution in [3.05, 3.63) is 34.8 Å². The highest BCUT2D eigenvalue weighted by Crippen LogP contribution is 2.28. The third-order valence-electron chi connectivity index (χ3n) is 2.76. The average molecular weight is 312 g/mol. The van der Waals surface area contributed by atoms with E-state index in [1.54, 1.807) is 18.3 Å². The lowest BCUT2D eigenvalue weighted by Gasteiger charge is -2.16. The number of thiazole rings is 1. The minimum absolute atomic E-state index is 0.0931. The van der Waals surface area contributed by atoms with E-state index in [1.807, 2.05) is 12.3 Å². The molecule has 0 aliphatic rings. The van der Waals surface area contributed by atoms with E-state index in [9.17, 15) is 8.42 Å². The fraction of sp³-hybridized carbons (Fsp3) is 0.250. The van der Waals surface area contributed by atoms with Gasteiger partial charge in [-0.15, -0.1) is 11.3 Å². The summed E-state index contributed by atoms with van der Waals surface area (Å²) in [5.41, 5.74) is 6.57. The molecule has 6 nitrogen and oxygen atoms in total. The molecule has 2 rings (SSSR count). The minimum atomic E-state index is -3.58. The molecule has 1 aromatic carbocycles. The van der Waals surface area contributed by atoms with Crippen molar-refractivity contribution in [2.45, 2.75) is 17.9 Å². The lowest BCUT2D eigenvalue weighted by molar-refractivity contribution is 0.588. The first kappa shape index (κ1) is 14.8. The summed E-state index contributed by atoms with van der Waals surface area (Å²) in [5, 5.41) is 5.91. The van der Waals surface area contributed by atoms with Crippen LogP contribution in [0, 0.1) is 0 Å². The molecule has 0 radical (unpaired) electrons. The van der Waals surface area contributed by atoms with Gasteiger partial charge in [0.2, 0.25) is 10.0 Å². The molecule has 4 N–H and O–H groups in total. The van der Waals surface area contributed by atoms with Gasteiger partial charge in [-0.3, -0.25) is 0 Å². The van der Waals surface area contributed by atoms with Gasteiger partial charge < -0.3 is 11.1 Å². The Bertz CT molecular complexity index is 683. The summed E-state index contributed by atoms with van der Waals surface area (Å²) < 4.78 is 26.3. The summed E-state index contributed by atoms with van der Waals surface area (Å²) in [6, 6.07) is 4.65. The maximum absolute atomic E-state index is 12.0. The number of nitrogen functional groups attached to an aromatic ring is 1. The molecule has 1 aromatic heterocycles. The van der Waals surface area contributed by atoms with Crippen LogP contribution < -0.4 is 15.8 Å². The van der Waals surface area contributed by atoms with Crippen LogP contribution in [0.3, 0.4) is 0 Å². The molecule has 1 heterocycles. The van der Waals surface area contributed by atoms with E-state index in [0.29, 0.717) is 11.4 Å². The lowest BCUT2D eigenvalue weighted by Crippen LogP contribution is -2.21. The predicted octanol–water partition coefficient (Wildman–Crippen LogP) is 1.81. The number of anilines is 2. The molecule has 0 saturated heterocycles. The van der Waals surface area contributed by atoms with Crippen LogP contribution in [-0.2, 0) is 10.0 Å². The summed E-state index contributed by atoms with van der Waals surface area (Å²) in [4.78, 5) is 4.34. The first-order valence-electron chi connectivity index (χ1n) is 5.93. The van der Waals surface area contributed by atoms with Crippen molar-refractivity contribution in [3.8, 4) is 0 Å². The number of sulfonamides is 1. The van der Waals surface area contributed by atoms with Gasteiger partial charge in [0.25, 0.3) is 0 Å². The van der Waals surface area contributed by atoms with Crippen molar-refractivity contribution < 1.29 is 8.42 Å². The van der Waals surface area contributed by atoms with Crippen molar-refractivity contribution in [2.75, 3.05) is 18.1 Å². The van der Waals surface area contributed by atoms with Crippen LogP contribution >= 0.6 is 11.3 Å². The van der Waals surface area contributed by atoms with E-state index < -0.39 is 10.0 Å². The third-order valence-corrected chi connectivity index (χ3v) is 5.17. The summed E-state index contributed by atoms with van der Waals surface area (Å²) in [6.07, 6.45) is 1.71. The molecular weight excluding hydrogens is 296 g/mol. The van der Waals surface area contributed by atoms with Gasteiger partial charge in [0.1, 0.15) is 9.90 Å². The highest BCUT2D eigenvalue weighted by atomic mass is 32.2. The molecule has 0 saturated carbocycles. The van der Waals surface area contributed by atoms with Crippen molar-refractivity contribution in [3.63, 3.8) is 0 Å². The van der Waals surface area contributed by atoms with Gasteiger partial charge in [0.05, 0.1) is 11.7 Å². The number of hydrogen-bond donors (Lipinski definition) is 3. The number of benzene rings is 1. The number of rotatable bonds is 5. The SMILES string of the molecule is CNS(=O)(=O)c1cc(N)ccc1NC(C)c1nccs1. The van der Waals surface area contributed by atoms with E-state index in [0.717, 1.165) is 5.01 Å². The fourth-order valence-corrected chi connectivity index (χ4v) is 3.31. The standard InChI is InChI=1S/C12H16N4O2S2/c1-8(12-15-5-6-19-12)16-10-4-3-9(13)7-11(10)20(17,18)14-2/h3-8,14,16H,13H2,1-2H3. The Morgan fingerprint density at radius 2 is 2.15 bits per heavy atom. The fourth-order valence-electron chi connectivity index (χ4n) is 1.73. The number of nitrogens with zero attached hydrogens (tertiary/aromatic N) is 1. The number of hydrogen-bond acceptors (Lipinski definition) is 6. The molecular formula is C12H16N4O2S2. The van der Waals surface area contributed by atoms with Crippen molar-refractivity contribution in [1.82, 2.24) is 9.71 Å². The van der Waals surface area contributed by atoms with Crippen molar-refractivity contribution >= 4 is 32.7 Å². The van der Waals surface area contributed by atoms with Gasteiger partial charge in [0, 0.05) is 17.3 Å². The van der Waals surface area contributed by atoms with Gasteiger partial charge in [-0.2, -0.15) is 0 Å². The first-order chi connectivity index (χ1) is 9.44. The minimum Gasteiger partial charge on any atom is -0.399 e. The monoisotopic (exact) mass is 312 g/mol. The molecule has 1 unspecified atom stereocenters. The Balaban J connectivity index is 2.37. The summed E-state index contributed by atoms with van der Waals surface area (Å²) in [7, 11) is -2.21. The van der Waals surface area contributed by atoms with Crippen LogP contribution in [0.1, 0.15) is 18.0 Å². The number of nitrogens with one attached hydrogen (secondary N) is 2. The second kappa shape index (κ2) is 5.78. The van der Waals surface area contributed by atoms with Crippen LogP contribution in [0.25, 0.3) is 0 Å². The third kappa shape index (κ3) is 3.09. The van der Waals surface area contributed by atoms with Gasteiger partial charge in [-0.25, -0.2) is 18.1 Å². The molecule has 0 aliphatic carbocycles. The van der Waals surface area contributed by atoms with Gasteiger partial charge in [-0.1, -0.05) is 0 Å². The Morgan fingerprint density at radius 1 is 1.40 bits per heavy atom. The Hall–Kier alpha value is -1.64. The van der Waals surface area contributed by atoms with Crippen LogP contribution in [-0.4, -0.2) is 20.4 Å². The van der Waals surface area contributed by atoms with Crippen molar-refractivity contribution in [1.29, 1.82) is 0 Å². The molecule has 2 aromatic rings. The lowest BCUT2D eigenvalue weighted by atomic mass is 10.2. The topological polar surface area (TPSA) is 97.1 Å². The van der Waals surface area contributed by atoms with Crippen LogP contribution in [0.15, 0.2) is 34.7 Å². The zero-order valence-electron chi connectivity index (χ0n) is 11.1. The maximum Gasteiger partial charge on any atom is 0.242 e. The highest BCUT2D eigenvalue weighted by molar-refractivity contribution is 7.89. The zero-order valence-corrected chi connectivity index (χ0v) is 12.8. The predicted molar refractivity (Wildman–Crippen MR) is 81.3 cm³/mol. The smallest absolute Gasteiger partial charge is 0.242 e. The highest BCUT2D eigenvalue weighted by Gasteiger charge is 2.19. The van der Waals surface area contributed by atoms with Gasteiger partial charge >= 0.3 is 0 Å². The van der Waals surface area contributed by atoms with Gasteiger partial charge in [-0.05, 0) is 32.2 Å². The molecule has 108 valence electrons. The molecule has 1 atom stereocenters. The second-order valence-electron chi connectivity index (χ2n) is 4.20. The molecule has 8 heteroatoms. The van der Waals surface area contributed by atoms with E-state index in [4.69, 9.17) is 5.73 Å². The molecule has 0 bridgehead atoms. The molecule has 0 spiro atoms. The van der Waals surface area contributed by atoms with Crippen LogP contribution in [0.4, 0.5) is 11.4 Å². The number of nitrogens with two attached hydrogens (primary N) is 1. The largest absolute Gasteiger partial charge is 0.399 e. The number of aromatic nitrogens is 1. The van der Waals surface area contributed by atoms with Crippen molar-refractivity contribution in [2.24, 2.45) is 0 Å². The molecule has 0 aliphatic heterocycles. The molecule has 0 amide bonds. The zero-order chi connectivity index (χ0) is 14.8. The molecule has 20 heavy (non-hydrogen) atoms. The van der Waals surface area contributed by atoms with E-state index in [-0.39, 0.29) is 10.9 Å². The quantitative estimate of drug-likeness (QED) is 0.732. The van der Waals surface area contributed by atoms with E-state index in [2.05, 4.69) is 15.0 Å². The summed E-state index contributed by atoms with van der Waals surface area (Å²) in [6.45, 7) is 1.92. The first-order valence-corrected chi connectivity index (χ1v) is 8.29. The Labute approximate surface area is 122 Å². The Kier molecular flexibility index (Phi) is 4.26.